The van der Waals surface area contributed by atoms with Crippen LogP contribution in [-0.2, 0) is 11.2 Å². The van der Waals surface area contributed by atoms with Crippen molar-refractivity contribution >= 4 is 5.97 Å². The fraction of sp³-hybridized carbons (Fsp3) is 0.844. The highest BCUT2D eigenvalue weighted by Gasteiger charge is 2.44. The summed E-state index contributed by atoms with van der Waals surface area (Å²) < 4.78 is 0. The van der Waals surface area contributed by atoms with Crippen LogP contribution in [0, 0.1) is 17.8 Å². The van der Waals surface area contributed by atoms with E-state index in [1.165, 1.54) is 31.2 Å². The lowest BCUT2D eigenvalue weighted by Gasteiger charge is -2.26. The molecule has 7 nitrogen and oxygen atoms in total. The summed E-state index contributed by atoms with van der Waals surface area (Å²) in [6.45, 7) is 6.05. The van der Waals surface area contributed by atoms with Crippen molar-refractivity contribution in [2.75, 3.05) is 13.1 Å². The van der Waals surface area contributed by atoms with Gasteiger partial charge in [0.05, 0.1) is 23.7 Å². The summed E-state index contributed by atoms with van der Waals surface area (Å²) in [4.78, 5) is 15.0. The number of aliphatic carboxylic acids is 1. The molecule has 0 saturated heterocycles. The number of aromatic amines is 1. The van der Waals surface area contributed by atoms with Crippen molar-refractivity contribution in [2.24, 2.45) is 17.8 Å². The average Bonchev–Trinajstić information content (AvgIpc) is 3.53. The number of aromatic nitrogens is 1. The third-order valence-electron chi connectivity index (χ3n) is 8.90. The molecule has 0 bridgehead atoms. The Labute approximate surface area is 237 Å². The van der Waals surface area contributed by atoms with E-state index >= 15 is 0 Å². The van der Waals surface area contributed by atoms with E-state index in [-0.39, 0.29) is 6.10 Å². The molecule has 6 N–H and O–H groups in total. The molecule has 1 fully saturated rings. The Hall–Kier alpha value is -1.41. The van der Waals surface area contributed by atoms with Gasteiger partial charge in [-0.15, -0.1) is 0 Å². The van der Waals surface area contributed by atoms with Gasteiger partial charge in [0, 0.05) is 12.4 Å². The van der Waals surface area contributed by atoms with Crippen LogP contribution in [0.15, 0.2) is 18.5 Å². The first-order chi connectivity index (χ1) is 18.8. The molecule has 0 aromatic carbocycles. The number of unbranched alkanes of at least 4 members (excludes halogenated alkanes) is 7. The zero-order valence-corrected chi connectivity index (χ0v) is 24.8. The number of carbonyl (C=O) groups is 1. The molecule has 7 heteroatoms. The molecular formula is C32H58N2O5. The number of carboxylic acids is 1. The quantitative estimate of drug-likeness (QED) is 0.0953. The van der Waals surface area contributed by atoms with E-state index in [4.69, 9.17) is 0 Å². The molecule has 1 aliphatic rings. The minimum absolute atomic E-state index is 0.221. The van der Waals surface area contributed by atoms with Crippen LogP contribution in [0.5, 0.6) is 0 Å². The van der Waals surface area contributed by atoms with E-state index in [2.05, 4.69) is 30.2 Å². The van der Waals surface area contributed by atoms with Crippen LogP contribution in [0.25, 0.3) is 0 Å². The Balaban J connectivity index is 1.70. The van der Waals surface area contributed by atoms with Crippen LogP contribution in [-0.4, -0.2) is 62.3 Å². The predicted molar refractivity (Wildman–Crippen MR) is 158 cm³/mol. The van der Waals surface area contributed by atoms with Crippen molar-refractivity contribution in [3.05, 3.63) is 24.0 Å². The van der Waals surface area contributed by atoms with Crippen LogP contribution in [0.1, 0.15) is 122 Å². The lowest BCUT2D eigenvalue weighted by atomic mass is 9.87. The second-order valence-corrected chi connectivity index (χ2v) is 12.3. The summed E-state index contributed by atoms with van der Waals surface area (Å²) in [5, 5.41) is 45.6. The molecular weight excluding hydrogens is 492 g/mol. The van der Waals surface area contributed by atoms with E-state index in [0.29, 0.717) is 43.9 Å². The molecule has 6 atom stereocenters. The molecule has 1 heterocycles. The second-order valence-electron chi connectivity index (χ2n) is 12.3. The molecule has 1 saturated carbocycles. The molecule has 0 radical (unpaired) electrons. The number of hydrogen-bond acceptors (Lipinski definition) is 5. The monoisotopic (exact) mass is 550 g/mol. The molecule has 0 aliphatic heterocycles. The first-order valence-electron chi connectivity index (χ1n) is 15.9. The van der Waals surface area contributed by atoms with Gasteiger partial charge in [0.25, 0.3) is 0 Å². The Kier molecular flexibility index (Phi) is 16.3. The van der Waals surface area contributed by atoms with Gasteiger partial charge < -0.3 is 30.7 Å². The third kappa shape index (κ3) is 13.2. The maximum absolute atomic E-state index is 11.9. The largest absolute Gasteiger partial charge is 0.481 e. The minimum atomic E-state index is -0.949. The second kappa shape index (κ2) is 18.8. The fourth-order valence-corrected chi connectivity index (χ4v) is 6.52. The van der Waals surface area contributed by atoms with Crippen molar-refractivity contribution in [3.63, 3.8) is 0 Å². The van der Waals surface area contributed by atoms with Crippen LogP contribution in [0.4, 0.5) is 0 Å². The number of aliphatic hydroxyl groups is 3. The van der Waals surface area contributed by atoms with Gasteiger partial charge in [-0.2, -0.15) is 0 Å². The first-order valence-corrected chi connectivity index (χ1v) is 15.9. The molecule has 226 valence electrons. The standard InChI is InChI=1S/C32H58N2O5/c1-3-5-6-7-10-13-28(35)14-11-8-9-12-15-29(31(37)38)30(36)16-18-32(39)21-26(20-25-17-19-34-23-25)27(22-32)24-33-4-2/h17,19,23,26-30,33-36,39H,3-16,18,20-22,24H2,1-2H3,(H,37,38). The van der Waals surface area contributed by atoms with Gasteiger partial charge in [0.15, 0.2) is 0 Å². The Morgan fingerprint density at radius 3 is 2.21 bits per heavy atom. The highest BCUT2D eigenvalue weighted by Crippen LogP contribution is 2.44. The smallest absolute Gasteiger partial charge is 0.309 e. The number of rotatable bonds is 23. The number of carboxylic acid groups (broad SMARTS) is 1. The average molecular weight is 551 g/mol. The lowest BCUT2D eigenvalue weighted by Crippen LogP contribution is -2.33. The Morgan fingerprint density at radius 2 is 1.62 bits per heavy atom. The number of hydrogen-bond donors (Lipinski definition) is 6. The Bertz CT molecular complexity index is 758. The highest BCUT2D eigenvalue weighted by molar-refractivity contribution is 5.70. The summed E-state index contributed by atoms with van der Waals surface area (Å²) in [6.07, 6.45) is 17.6. The Morgan fingerprint density at radius 1 is 0.974 bits per heavy atom. The molecule has 2 rings (SSSR count). The summed E-state index contributed by atoms with van der Waals surface area (Å²) in [6, 6.07) is 2.08. The van der Waals surface area contributed by atoms with Crippen molar-refractivity contribution in [1.82, 2.24) is 10.3 Å². The van der Waals surface area contributed by atoms with E-state index in [9.17, 15) is 25.2 Å². The van der Waals surface area contributed by atoms with Gasteiger partial charge in [-0.1, -0.05) is 71.6 Å². The highest BCUT2D eigenvalue weighted by atomic mass is 16.4. The molecule has 0 amide bonds. The topological polar surface area (TPSA) is 126 Å². The maximum Gasteiger partial charge on any atom is 0.309 e. The molecule has 1 aliphatic carbocycles. The van der Waals surface area contributed by atoms with Gasteiger partial charge in [-0.05, 0) is 87.9 Å². The van der Waals surface area contributed by atoms with E-state index in [1.807, 2.05) is 12.4 Å². The normalized spacial score (nSPS) is 23.6. The van der Waals surface area contributed by atoms with Crippen LogP contribution in [0.2, 0.25) is 0 Å². The van der Waals surface area contributed by atoms with Gasteiger partial charge in [0.2, 0.25) is 0 Å². The zero-order chi connectivity index (χ0) is 28.5. The van der Waals surface area contributed by atoms with Crippen LogP contribution in [0.3, 0.4) is 0 Å². The molecule has 6 unspecified atom stereocenters. The zero-order valence-electron chi connectivity index (χ0n) is 24.8. The van der Waals surface area contributed by atoms with E-state index < -0.39 is 23.6 Å². The predicted octanol–water partition coefficient (Wildman–Crippen LogP) is 5.83. The van der Waals surface area contributed by atoms with Crippen molar-refractivity contribution in [3.8, 4) is 0 Å². The van der Waals surface area contributed by atoms with E-state index in [0.717, 1.165) is 64.5 Å². The number of H-pyrrole nitrogens is 1. The van der Waals surface area contributed by atoms with Crippen LogP contribution >= 0.6 is 0 Å². The van der Waals surface area contributed by atoms with Gasteiger partial charge in [0.1, 0.15) is 0 Å². The molecule has 1 aromatic heterocycles. The summed E-state index contributed by atoms with van der Waals surface area (Å²) in [5.74, 6) is -1.03. The first kappa shape index (κ1) is 33.8. The number of nitrogens with one attached hydrogen (secondary N) is 2. The third-order valence-corrected chi connectivity index (χ3v) is 8.90. The van der Waals surface area contributed by atoms with Gasteiger partial charge in [-0.3, -0.25) is 4.79 Å². The molecule has 1 aromatic rings. The lowest BCUT2D eigenvalue weighted by molar-refractivity contribution is -0.146. The van der Waals surface area contributed by atoms with Crippen molar-refractivity contribution < 1.29 is 25.2 Å². The summed E-state index contributed by atoms with van der Waals surface area (Å²) in [5.41, 5.74) is 0.385. The fourth-order valence-electron chi connectivity index (χ4n) is 6.52. The summed E-state index contributed by atoms with van der Waals surface area (Å²) >= 11 is 0. The van der Waals surface area contributed by atoms with Crippen LogP contribution < -0.4 is 5.32 Å². The minimum Gasteiger partial charge on any atom is -0.481 e. The van der Waals surface area contributed by atoms with E-state index in [1.54, 1.807) is 0 Å². The number of aliphatic hydroxyl groups excluding tert-OH is 2. The van der Waals surface area contributed by atoms with Gasteiger partial charge >= 0.3 is 5.97 Å². The van der Waals surface area contributed by atoms with Crippen molar-refractivity contribution in [2.45, 2.75) is 141 Å². The summed E-state index contributed by atoms with van der Waals surface area (Å²) in [7, 11) is 0. The SMILES string of the molecule is CCCCCCCC(O)CCCCCCC(C(=O)O)C(O)CCC1(O)CC(CNCC)C(Cc2cc[nH]c2)C1. The van der Waals surface area contributed by atoms with Crippen molar-refractivity contribution in [1.29, 1.82) is 0 Å². The molecule has 0 spiro atoms. The van der Waals surface area contributed by atoms with Gasteiger partial charge in [-0.25, -0.2) is 0 Å². The maximum atomic E-state index is 11.9. The molecule has 39 heavy (non-hydrogen) atoms.